The van der Waals surface area contributed by atoms with Gasteiger partial charge in [0, 0.05) is 24.4 Å². The van der Waals surface area contributed by atoms with E-state index >= 15 is 0 Å². The third-order valence-electron chi connectivity index (χ3n) is 6.02. The molecule has 31 heavy (non-hydrogen) atoms. The number of hydrogen-bond acceptors (Lipinski definition) is 3. The van der Waals surface area contributed by atoms with Crippen LogP contribution < -0.4 is 15.4 Å². The van der Waals surface area contributed by atoms with Crippen LogP contribution in [0.3, 0.4) is 0 Å². The van der Waals surface area contributed by atoms with Crippen LogP contribution in [0.1, 0.15) is 57.6 Å². The molecule has 2 amide bonds. The first-order valence-electron chi connectivity index (χ1n) is 10.9. The predicted octanol–water partition coefficient (Wildman–Crippen LogP) is 5.70. The maximum atomic E-state index is 14.7. The van der Waals surface area contributed by atoms with Gasteiger partial charge >= 0.3 is 6.03 Å². The van der Waals surface area contributed by atoms with E-state index in [1.54, 1.807) is 16.9 Å². The van der Waals surface area contributed by atoms with Gasteiger partial charge in [-0.25, -0.2) is 9.18 Å². The molecule has 0 radical (unpaired) electrons. The van der Waals surface area contributed by atoms with Crippen LogP contribution >= 0.6 is 0 Å². The molecule has 1 aliphatic rings. The van der Waals surface area contributed by atoms with E-state index in [4.69, 9.17) is 4.74 Å². The number of nitrogens with zero attached hydrogens (tertiary/aromatic N) is 2. The number of benzene rings is 2. The van der Waals surface area contributed by atoms with E-state index in [9.17, 15) is 9.18 Å². The number of fused-ring (bicyclic) bond motifs is 2. The van der Waals surface area contributed by atoms with E-state index in [2.05, 4.69) is 29.6 Å². The van der Waals surface area contributed by atoms with E-state index in [0.717, 1.165) is 36.6 Å². The van der Waals surface area contributed by atoms with Crippen LogP contribution in [-0.4, -0.2) is 21.4 Å². The number of ether oxygens (including phenoxy) is 1. The Kier molecular flexibility index (Phi) is 5.85. The average molecular weight is 425 g/mol. The van der Waals surface area contributed by atoms with Gasteiger partial charge in [0.1, 0.15) is 5.60 Å². The molecule has 3 aromatic rings. The number of nitrogens with one attached hydrogen (secondary N) is 2. The van der Waals surface area contributed by atoms with Crippen LogP contribution in [0.5, 0.6) is 5.75 Å². The lowest BCUT2D eigenvalue weighted by molar-refractivity contribution is 0.0107. The Labute approximate surface area is 181 Å². The van der Waals surface area contributed by atoms with Crippen molar-refractivity contribution in [2.75, 3.05) is 5.32 Å². The van der Waals surface area contributed by atoms with Gasteiger partial charge in [-0.3, -0.25) is 4.68 Å². The van der Waals surface area contributed by atoms with Crippen molar-refractivity contribution in [3.05, 3.63) is 54.0 Å². The number of rotatable bonds is 6. The van der Waals surface area contributed by atoms with Gasteiger partial charge in [-0.15, -0.1) is 0 Å². The summed E-state index contributed by atoms with van der Waals surface area (Å²) < 4.78 is 22.7. The molecule has 0 saturated heterocycles. The maximum absolute atomic E-state index is 14.7. The molecule has 0 spiro atoms. The quantitative estimate of drug-likeness (QED) is 0.534. The summed E-state index contributed by atoms with van der Waals surface area (Å²) in [6, 6.07) is 9.90. The average Bonchev–Trinajstić information content (AvgIpc) is 3.11. The molecule has 6 nitrogen and oxygen atoms in total. The number of aryl methyl sites for hydroxylation is 1. The van der Waals surface area contributed by atoms with E-state index in [-0.39, 0.29) is 23.6 Å². The number of halogens is 1. The lowest BCUT2D eigenvalue weighted by Gasteiger charge is -2.42. The van der Waals surface area contributed by atoms with Gasteiger partial charge in [0.15, 0.2) is 11.6 Å². The fraction of sp³-hybridized carbons (Fsp3) is 0.417. The van der Waals surface area contributed by atoms with Crippen molar-refractivity contribution in [3.63, 3.8) is 0 Å². The fourth-order valence-electron chi connectivity index (χ4n) is 4.72. The van der Waals surface area contributed by atoms with E-state index in [1.807, 2.05) is 31.3 Å². The van der Waals surface area contributed by atoms with Gasteiger partial charge in [0.05, 0.1) is 23.4 Å². The van der Waals surface area contributed by atoms with Crippen LogP contribution in [-0.2, 0) is 7.05 Å². The van der Waals surface area contributed by atoms with Gasteiger partial charge in [-0.2, -0.15) is 5.10 Å². The largest absolute Gasteiger partial charge is 0.484 e. The van der Waals surface area contributed by atoms with Crippen LogP contribution in [0.25, 0.3) is 10.9 Å². The van der Waals surface area contributed by atoms with Gasteiger partial charge in [0.2, 0.25) is 0 Å². The summed E-state index contributed by atoms with van der Waals surface area (Å²) in [7, 11) is 1.86. The van der Waals surface area contributed by atoms with Crippen molar-refractivity contribution in [2.24, 2.45) is 7.05 Å². The zero-order valence-electron chi connectivity index (χ0n) is 18.2. The molecule has 2 N–H and O–H groups in total. The van der Waals surface area contributed by atoms with Crippen LogP contribution in [0.15, 0.2) is 42.6 Å². The first kappa shape index (κ1) is 21.2. The lowest BCUT2D eigenvalue weighted by atomic mass is 9.81. The Morgan fingerprint density at radius 1 is 1.23 bits per heavy atom. The number of para-hydroxylation sites is 1. The van der Waals surface area contributed by atoms with Crippen molar-refractivity contribution in [1.82, 2.24) is 15.1 Å². The zero-order valence-corrected chi connectivity index (χ0v) is 18.2. The molecule has 164 valence electrons. The van der Waals surface area contributed by atoms with Gasteiger partial charge in [-0.1, -0.05) is 44.9 Å². The molecule has 0 bridgehead atoms. The molecule has 0 saturated carbocycles. The predicted molar refractivity (Wildman–Crippen MR) is 120 cm³/mol. The molecule has 4 rings (SSSR count). The van der Waals surface area contributed by atoms with Crippen molar-refractivity contribution < 1.29 is 13.9 Å². The second-order valence-electron chi connectivity index (χ2n) is 8.30. The van der Waals surface area contributed by atoms with Crippen molar-refractivity contribution in [1.29, 1.82) is 0 Å². The number of urea groups is 1. The fourth-order valence-corrected chi connectivity index (χ4v) is 4.72. The molecule has 0 fully saturated rings. The molecule has 7 heteroatoms. The topological polar surface area (TPSA) is 68.2 Å². The molecular weight excluding hydrogens is 395 g/mol. The maximum Gasteiger partial charge on any atom is 0.319 e. The third-order valence-corrected chi connectivity index (χ3v) is 6.02. The minimum absolute atomic E-state index is 0.260. The number of hydrogen-bond donors (Lipinski definition) is 2. The smallest absolute Gasteiger partial charge is 0.319 e. The standard InChI is InChI=1S/C24H29FN4O2/c1-4-12-24(13-5-2)14-20(16-8-6-9-18(25)22(16)31-24)28-23(30)27-19-10-7-11-21-17(19)15-26-29(21)3/h6-11,15,20H,4-5,12-14H2,1-3H3,(H2,27,28,30)/t20-/m1/s1. The number of amides is 2. The Hall–Kier alpha value is -3.09. The van der Waals surface area contributed by atoms with E-state index < -0.39 is 5.60 Å². The van der Waals surface area contributed by atoms with Crippen LogP contribution in [0, 0.1) is 5.82 Å². The number of carbonyl (C=O) groups excluding carboxylic acids is 1. The highest BCUT2D eigenvalue weighted by Gasteiger charge is 2.41. The normalized spacial score (nSPS) is 17.1. The third kappa shape index (κ3) is 4.09. The molecule has 1 aliphatic heterocycles. The number of carbonyl (C=O) groups is 1. The highest BCUT2D eigenvalue weighted by Crippen LogP contribution is 2.45. The molecule has 0 aliphatic carbocycles. The molecular formula is C24H29FN4O2. The summed E-state index contributed by atoms with van der Waals surface area (Å²) in [5.74, 6) is -0.128. The summed E-state index contributed by atoms with van der Waals surface area (Å²) in [4.78, 5) is 13.0. The van der Waals surface area contributed by atoms with Gasteiger partial charge in [-0.05, 0) is 31.0 Å². The second-order valence-corrected chi connectivity index (χ2v) is 8.30. The van der Waals surface area contributed by atoms with Crippen LogP contribution in [0.2, 0.25) is 0 Å². The summed E-state index contributed by atoms with van der Waals surface area (Å²) in [5, 5.41) is 11.1. The number of anilines is 1. The molecule has 0 unspecified atom stereocenters. The molecule has 1 atom stereocenters. The second kappa shape index (κ2) is 8.57. The molecule has 1 aromatic heterocycles. The lowest BCUT2D eigenvalue weighted by Crippen LogP contribution is -2.46. The highest BCUT2D eigenvalue weighted by atomic mass is 19.1. The summed E-state index contributed by atoms with van der Waals surface area (Å²) >= 11 is 0. The van der Waals surface area contributed by atoms with Crippen molar-refractivity contribution in [2.45, 2.75) is 57.6 Å². The van der Waals surface area contributed by atoms with Crippen LogP contribution in [0.4, 0.5) is 14.9 Å². The van der Waals surface area contributed by atoms with E-state index in [1.165, 1.54) is 6.07 Å². The van der Waals surface area contributed by atoms with E-state index in [0.29, 0.717) is 17.7 Å². The van der Waals surface area contributed by atoms with Gasteiger partial charge < -0.3 is 15.4 Å². The highest BCUT2D eigenvalue weighted by molar-refractivity contribution is 6.00. The van der Waals surface area contributed by atoms with Gasteiger partial charge in [0.25, 0.3) is 0 Å². The Morgan fingerprint density at radius 3 is 2.71 bits per heavy atom. The van der Waals surface area contributed by atoms with Crippen molar-refractivity contribution >= 4 is 22.6 Å². The summed E-state index contributed by atoms with van der Waals surface area (Å²) in [6.45, 7) is 4.20. The monoisotopic (exact) mass is 424 g/mol. The zero-order chi connectivity index (χ0) is 22.0. The molecule has 2 aromatic carbocycles. The minimum atomic E-state index is -0.486. The number of aromatic nitrogens is 2. The molecule has 2 heterocycles. The summed E-state index contributed by atoms with van der Waals surface area (Å²) in [6.07, 6.45) is 5.80. The Bertz CT molecular complexity index is 1090. The van der Waals surface area contributed by atoms with Crippen molar-refractivity contribution in [3.8, 4) is 5.75 Å². The first-order valence-corrected chi connectivity index (χ1v) is 10.9. The Balaban J connectivity index is 1.61. The minimum Gasteiger partial charge on any atom is -0.484 e. The SMILES string of the molecule is CCCC1(CCC)C[C@@H](NC(=O)Nc2cccc3c2cnn3C)c2cccc(F)c2O1. The Morgan fingerprint density at radius 2 is 1.97 bits per heavy atom. The summed E-state index contributed by atoms with van der Waals surface area (Å²) in [5.41, 5.74) is 1.81. The first-order chi connectivity index (χ1) is 15.0.